The van der Waals surface area contributed by atoms with Gasteiger partial charge in [0.25, 0.3) is 0 Å². The molecule has 0 spiro atoms. The number of sulfonamides is 1. The molecule has 0 aliphatic carbocycles. The van der Waals surface area contributed by atoms with E-state index in [1.807, 2.05) is 0 Å². The van der Waals surface area contributed by atoms with Gasteiger partial charge in [-0.3, -0.25) is 0 Å². The fourth-order valence-corrected chi connectivity index (χ4v) is 3.43. The lowest BCUT2D eigenvalue weighted by molar-refractivity contribution is -0.209. The van der Waals surface area contributed by atoms with E-state index in [1.165, 1.54) is 24.3 Å². The maximum atomic E-state index is 13.2. The van der Waals surface area contributed by atoms with Crippen LogP contribution in [0.2, 0.25) is 0 Å². The van der Waals surface area contributed by atoms with Gasteiger partial charge in [-0.15, -0.1) is 4.31 Å². The molecule has 2 aromatic rings. The van der Waals surface area contributed by atoms with Crippen LogP contribution in [-0.4, -0.2) is 25.6 Å². The van der Waals surface area contributed by atoms with Gasteiger partial charge in [0.05, 0.1) is 4.90 Å². The number of nitrogens with zero attached hydrogens (tertiary/aromatic N) is 1. The lowest BCUT2D eigenvalue weighted by Gasteiger charge is -2.24. The smallest absolute Gasteiger partial charge is 0.207 e. The van der Waals surface area contributed by atoms with Gasteiger partial charge in [0.15, 0.2) is 0 Å². The van der Waals surface area contributed by atoms with E-state index in [-0.39, 0.29) is 11.3 Å². The van der Waals surface area contributed by atoms with E-state index in [2.05, 4.69) is 0 Å². The van der Waals surface area contributed by atoms with Crippen molar-refractivity contribution in [2.75, 3.05) is 6.54 Å². The van der Waals surface area contributed by atoms with Crippen molar-refractivity contribution >= 4 is 10.0 Å². The second kappa shape index (κ2) is 6.72. The zero-order valence-electron chi connectivity index (χ0n) is 12.4. The number of alkyl halides is 3. The molecule has 0 radical (unpaired) electrons. The van der Waals surface area contributed by atoms with Crippen LogP contribution in [-0.2, 0) is 16.4 Å². The van der Waals surface area contributed by atoms with E-state index in [0.717, 1.165) is 5.56 Å². The monoisotopic (exact) mass is 343 g/mol. The second-order valence-corrected chi connectivity index (χ2v) is 6.96. The van der Waals surface area contributed by atoms with E-state index >= 15 is 0 Å². The molecule has 0 aliphatic rings. The molecule has 2 rings (SSSR count). The summed E-state index contributed by atoms with van der Waals surface area (Å²) in [5, 5.41) is 0. The van der Waals surface area contributed by atoms with E-state index in [1.54, 1.807) is 37.3 Å². The number of benzene rings is 2. The SMILES string of the molecule is Cc1ccc(S(=O)(=O)N(CCc2ccccc2)C(F)(F)F)cc1. The Bertz CT molecular complexity index is 741. The van der Waals surface area contributed by atoms with Crippen molar-refractivity contribution in [3.8, 4) is 0 Å². The van der Waals surface area contributed by atoms with Crippen molar-refractivity contribution in [1.82, 2.24) is 4.31 Å². The van der Waals surface area contributed by atoms with Gasteiger partial charge in [-0.1, -0.05) is 48.0 Å². The standard InChI is InChI=1S/C16H16F3NO2S/c1-13-7-9-15(10-8-13)23(21,22)20(16(17,18)19)12-11-14-5-3-2-4-6-14/h2-10H,11-12H2,1H3. The minimum absolute atomic E-state index is 0.0224. The molecule has 0 saturated heterocycles. The minimum atomic E-state index is -4.97. The fraction of sp³-hybridized carbons (Fsp3) is 0.250. The average Bonchev–Trinajstić information content (AvgIpc) is 2.47. The Kier molecular flexibility index (Phi) is 5.11. The Hall–Kier alpha value is -1.86. The molecule has 23 heavy (non-hydrogen) atoms. The third kappa shape index (κ3) is 4.33. The summed E-state index contributed by atoms with van der Waals surface area (Å²) >= 11 is 0. The van der Waals surface area contributed by atoms with Crippen LogP contribution in [0.5, 0.6) is 0 Å². The zero-order valence-corrected chi connectivity index (χ0v) is 13.2. The first-order valence-corrected chi connectivity index (χ1v) is 8.35. The quantitative estimate of drug-likeness (QED) is 0.776. The van der Waals surface area contributed by atoms with Crippen LogP contribution < -0.4 is 0 Å². The van der Waals surface area contributed by atoms with Gasteiger partial charge in [-0.05, 0) is 31.0 Å². The molecule has 0 heterocycles. The first-order valence-electron chi connectivity index (χ1n) is 6.91. The Morgan fingerprint density at radius 2 is 1.52 bits per heavy atom. The van der Waals surface area contributed by atoms with E-state index in [0.29, 0.717) is 5.56 Å². The van der Waals surface area contributed by atoms with Crippen molar-refractivity contribution in [2.45, 2.75) is 24.5 Å². The summed E-state index contributed by atoms with van der Waals surface area (Å²) < 4.78 is 63.9. The number of aryl methyl sites for hydroxylation is 1. The maximum Gasteiger partial charge on any atom is 0.473 e. The molecule has 0 amide bonds. The summed E-state index contributed by atoms with van der Waals surface area (Å²) in [7, 11) is -4.64. The van der Waals surface area contributed by atoms with Crippen molar-refractivity contribution in [3.63, 3.8) is 0 Å². The zero-order chi connectivity index (χ0) is 17.1. The van der Waals surface area contributed by atoms with Crippen LogP contribution in [0.1, 0.15) is 11.1 Å². The van der Waals surface area contributed by atoms with Crippen molar-refractivity contribution < 1.29 is 21.6 Å². The molecule has 0 unspecified atom stereocenters. The van der Waals surface area contributed by atoms with Crippen molar-refractivity contribution in [1.29, 1.82) is 0 Å². The van der Waals surface area contributed by atoms with Gasteiger partial charge in [-0.2, -0.15) is 13.2 Å². The van der Waals surface area contributed by atoms with Gasteiger partial charge in [0, 0.05) is 6.54 Å². The van der Waals surface area contributed by atoms with Gasteiger partial charge >= 0.3 is 6.30 Å². The highest BCUT2D eigenvalue weighted by Gasteiger charge is 2.45. The molecule has 0 saturated carbocycles. The van der Waals surface area contributed by atoms with Crippen LogP contribution in [0.3, 0.4) is 0 Å². The summed E-state index contributed by atoms with van der Waals surface area (Å²) in [4.78, 5) is -0.367. The molecule has 0 bridgehead atoms. The lowest BCUT2D eigenvalue weighted by Crippen LogP contribution is -2.43. The third-order valence-corrected chi connectivity index (χ3v) is 5.18. The first kappa shape index (κ1) is 17.5. The highest BCUT2D eigenvalue weighted by atomic mass is 32.2. The third-order valence-electron chi connectivity index (χ3n) is 3.34. The molecular weight excluding hydrogens is 327 g/mol. The largest absolute Gasteiger partial charge is 0.473 e. The second-order valence-electron chi connectivity index (χ2n) is 5.09. The predicted octanol–water partition coefficient (Wildman–Crippen LogP) is 3.75. The molecule has 0 aliphatic heterocycles. The van der Waals surface area contributed by atoms with Gasteiger partial charge in [0.1, 0.15) is 0 Å². The summed E-state index contributed by atoms with van der Waals surface area (Å²) in [6.07, 6.45) is -5.00. The van der Waals surface area contributed by atoms with Crippen LogP contribution in [0.4, 0.5) is 13.2 Å². The highest BCUT2D eigenvalue weighted by Crippen LogP contribution is 2.29. The molecule has 0 N–H and O–H groups in total. The van der Waals surface area contributed by atoms with Gasteiger partial charge in [0.2, 0.25) is 10.0 Å². The van der Waals surface area contributed by atoms with Crippen molar-refractivity contribution in [2.24, 2.45) is 0 Å². The summed E-state index contributed by atoms with van der Waals surface area (Å²) in [5.74, 6) is 0. The maximum absolute atomic E-state index is 13.2. The molecule has 2 aromatic carbocycles. The normalized spacial score (nSPS) is 12.6. The summed E-state index contributed by atoms with van der Waals surface area (Å²) in [6, 6.07) is 13.8. The highest BCUT2D eigenvalue weighted by molar-refractivity contribution is 7.89. The Morgan fingerprint density at radius 1 is 0.957 bits per heavy atom. The molecule has 0 fully saturated rings. The molecule has 124 valence electrons. The number of halogens is 3. The molecule has 0 aromatic heterocycles. The van der Waals surface area contributed by atoms with Gasteiger partial charge < -0.3 is 0 Å². The van der Waals surface area contributed by atoms with Crippen LogP contribution in [0.25, 0.3) is 0 Å². The molecule has 3 nitrogen and oxygen atoms in total. The Morgan fingerprint density at radius 3 is 2.04 bits per heavy atom. The predicted molar refractivity (Wildman–Crippen MR) is 81.3 cm³/mol. The van der Waals surface area contributed by atoms with E-state index < -0.39 is 27.2 Å². The first-order chi connectivity index (χ1) is 10.7. The molecular formula is C16H16F3NO2S. The summed E-state index contributed by atoms with van der Waals surface area (Å²) in [6.45, 7) is 1.07. The molecule has 0 atom stereocenters. The van der Waals surface area contributed by atoms with E-state index in [9.17, 15) is 21.6 Å². The number of hydrogen-bond acceptors (Lipinski definition) is 2. The van der Waals surface area contributed by atoms with E-state index in [4.69, 9.17) is 0 Å². The fourth-order valence-electron chi connectivity index (χ4n) is 2.10. The van der Waals surface area contributed by atoms with Gasteiger partial charge in [-0.25, -0.2) is 8.42 Å². The topological polar surface area (TPSA) is 37.4 Å². The van der Waals surface area contributed by atoms with Crippen LogP contribution in [0, 0.1) is 6.92 Å². The Labute approximate surface area is 133 Å². The number of hydrogen-bond donors (Lipinski definition) is 0. The Balaban J connectivity index is 2.29. The van der Waals surface area contributed by atoms with Crippen LogP contribution in [0.15, 0.2) is 59.5 Å². The number of rotatable bonds is 5. The lowest BCUT2D eigenvalue weighted by atomic mass is 10.1. The van der Waals surface area contributed by atoms with Crippen LogP contribution >= 0.6 is 0 Å². The minimum Gasteiger partial charge on any atom is -0.207 e. The molecule has 7 heteroatoms. The summed E-state index contributed by atoms with van der Waals surface area (Å²) in [5.41, 5.74) is 1.41. The van der Waals surface area contributed by atoms with Crippen molar-refractivity contribution in [3.05, 3.63) is 65.7 Å². The average molecular weight is 343 g/mol.